The Morgan fingerprint density at radius 3 is 1.73 bits per heavy atom. The summed E-state index contributed by atoms with van der Waals surface area (Å²) in [5.41, 5.74) is 8.56. The molecule has 0 unspecified atom stereocenters. The van der Waals surface area contributed by atoms with Crippen LogP contribution in [0.2, 0.25) is 0 Å². The number of carboxylic acid groups (broad SMARTS) is 1. The predicted molar refractivity (Wildman–Crippen MR) is 239 cm³/mol. The highest BCUT2D eigenvalue weighted by Gasteiger charge is 2.29. The van der Waals surface area contributed by atoms with E-state index in [0.717, 1.165) is 34.3 Å². The average Bonchev–Trinajstić information content (AvgIpc) is 3.74. The third-order valence-electron chi connectivity index (χ3n) is 7.73. The number of ether oxygens (including phenoxy) is 1. The van der Waals surface area contributed by atoms with Gasteiger partial charge in [-0.15, -0.1) is 24.2 Å². The highest BCUT2D eigenvalue weighted by Crippen LogP contribution is 2.14. The molecule has 0 radical (unpaired) electrons. The van der Waals surface area contributed by atoms with Gasteiger partial charge in [-0.2, -0.15) is 0 Å². The van der Waals surface area contributed by atoms with Gasteiger partial charge in [-0.05, 0) is 55.1 Å². The third-order valence-corrected chi connectivity index (χ3v) is 9.16. The van der Waals surface area contributed by atoms with E-state index in [1.165, 1.54) is 16.9 Å². The Morgan fingerprint density at radius 1 is 0.710 bits per heavy atom. The summed E-state index contributed by atoms with van der Waals surface area (Å²) < 4.78 is 6.26. The smallest absolute Gasteiger partial charge is 0.303 e. The van der Waals surface area contributed by atoms with Crippen LogP contribution in [0.15, 0.2) is 101 Å². The number of hydrogen-bond donors (Lipinski definition) is 7. The summed E-state index contributed by atoms with van der Waals surface area (Å²) in [5.74, 6) is -5.92. The van der Waals surface area contributed by atoms with Gasteiger partial charge in [-0.25, -0.2) is 0 Å². The number of halogens is 1. The zero-order valence-electron chi connectivity index (χ0n) is 34.6. The Kier molecular flexibility index (Phi) is 25.2. The fourth-order valence-corrected chi connectivity index (χ4v) is 5.95. The van der Waals surface area contributed by atoms with Crippen molar-refractivity contribution < 1.29 is 48.2 Å². The number of primary amides is 1. The molecule has 18 heteroatoms. The van der Waals surface area contributed by atoms with Crippen LogP contribution in [0.3, 0.4) is 0 Å². The number of anilines is 1. The van der Waals surface area contributed by atoms with Crippen LogP contribution in [0.5, 0.6) is 0 Å². The maximum atomic E-state index is 13.3. The second-order valence-corrected chi connectivity index (χ2v) is 15.0. The van der Waals surface area contributed by atoms with E-state index in [2.05, 4.69) is 74.4 Å². The first-order valence-electron chi connectivity index (χ1n) is 18.7. The van der Waals surface area contributed by atoms with Crippen LogP contribution >= 0.6 is 27.3 Å². The van der Waals surface area contributed by atoms with Gasteiger partial charge in [-0.1, -0.05) is 87.7 Å². The van der Waals surface area contributed by atoms with Crippen LogP contribution in [0.25, 0.3) is 0 Å². The SMILES string of the molecule is C#C.CC(=O)O.CC(=O)O[C@H](CC(=O)N[C@H](Cc1cccs1)C(=O)NCC(=O)N[C@H](Cc1ccccc1)C(=O)NCC(N)=O)C(=O)Nc1ccc(C)cc1.Cc1ccc(Br)cc1. The second-order valence-electron chi connectivity index (χ2n) is 13.1. The molecule has 0 aliphatic carbocycles. The zero-order valence-corrected chi connectivity index (χ0v) is 37.0. The van der Waals surface area contributed by atoms with Crippen molar-refractivity contribution in [2.45, 2.75) is 65.1 Å². The first kappa shape index (κ1) is 53.2. The molecule has 0 saturated carbocycles. The van der Waals surface area contributed by atoms with Crippen LogP contribution < -0.4 is 32.3 Å². The molecule has 8 N–H and O–H groups in total. The average molecular weight is 936 g/mol. The van der Waals surface area contributed by atoms with Crippen molar-refractivity contribution >= 4 is 80.3 Å². The van der Waals surface area contributed by atoms with Crippen LogP contribution in [0.1, 0.15) is 41.8 Å². The molecule has 0 spiro atoms. The normalized spacial score (nSPS) is 11.2. The number of carbonyl (C=O) groups is 8. The fourth-order valence-electron chi connectivity index (χ4n) is 4.93. The summed E-state index contributed by atoms with van der Waals surface area (Å²) >= 11 is 4.69. The lowest BCUT2D eigenvalue weighted by Gasteiger charge is -2.21. The number of amides is 6. The molecule has 0 bridgehead atoms. The Labute approximate surface area is 372 Å². The fraction of sp³-hybridized carbons (Fsp3) is 0.273. The first-order chi connectivity index (χ1) is 29.4. The molecule has 0 saturated heterocycles. The molecule has 0 fully saturated rings. The summed E-state index contributed by atoms with van der Waals surface area (Å²) in [6.45, 7) is 5.18. The molecule has 4 aromatic rings. The van der Waals surface area contributed by atoms with E-state index in [4.69, 9.17) is 20.4 Å². The van der Waals surface area contributed by atoms with Gasteiger partial charge in [0.25, 0.3) is 11.9 Å². The molecule has 330 valence electrons. The predicted octanol–water partition coefficient (Wildman–Crippen LogP) is 3.59. The molecule has 1 aromatic heterocycles. The third kappa shape index (κ3) is 23.7. The molecule has 4 rings (SSSR count). The van der Waals surface area contributed by atoms with Gasteiger partial charge in [0.05, 0.1) is 19.5 Å². The Bertz CT molecular complexity index is 2060. The Hall–Kier alpha value is -6.84. The van der Waals surface area contributed by atoms with Crippen LogP contribution in [0, 0.1) is 26.7 Å². The summed E-state index contributed by atoms with van der Waals surface area (Å²) in [7, 11) is 0. The molecule has 0 aliphatic rings. The summed E-state index contributed by atoms with van der Waals surface area (Å²) in [5, 5.41) is 21.8. The number of nitrogens with one attached hydrogen (secondary N) is 5. The number of carboxylic acids is 1. The Morgan fingerprint density at radius 2 is 1.23 bits per heavy atom. The zero-order chi connectivity index (χ0) is 46.6. The van der Waals surface area contributed by atoms with Crippen molar-refractivity contribution in [2.75, 3.05) is 18.4 Å². The summed E-state index contributed by atoms with van der Waals surface area (Å²) in [4.78, 5) is 97.5. The van der Waals surface area contributed by atoms with Gasteiger partial charge in [0.1, 0.15) is 12.1 Å². The minimum Gasteiger partial charge on any atom is -0.481 e. The Balaban J connectivity index is 0.00000117. The number of aryl methyl sites for hydroxylation is 2. The molecule has 6 amide bonds. The molecule has 3 atom stereocenters. The second kappa shape index (κ2) is 29.4. The van der Waals surface area contributed by atoms with Crippen molar-refractivity contribution in [1.82, 2.24) is 21.3 Å². The standard InChI is InChI=1S/C33H38N6O8S.C7H7Br.C2H4O2.C2H2/c1-20-10-12-23(13-11-20)37-33(46)27(47-21(2)40)17-29(42)38-26(16-24-9-6-14-48-24)32(45)36-19-30(43)39-25(31(44)35-18-28(34)41)15-22-7-4-3-5-8-22;1-6-2-4-7(8)5-3-6;1-2(3)4;1-2/h3-14,25-27H,15-19H2,1-2H3,(H2,34,41)(H,35,44)(H,36,45)(H,37,46)(H,38,42)(H,39,43);2-5H,1H3;1H3,(H,3,4);1-2H/t25-,26-,27-;;;/m1.../s1. The first-order valence-corrected chi connectivity index (χ1v) is 20.4. The largest absolute Gasteiger partial charge is 0.481 e. The van der Waals surface area contributed by atoms with Gasteiger partial charge in [0.2, 0.25) is 29.5 Å². The number of rotatable bonds is 17. The number of thiophene rings is 1. The highest BCUT2D eigenvalue weighted by molar-refractivity contribution is 9.10. The summed E-state index contributed by atoms with van der Waals surface area (Å²) in [6, 6.07) is 25.2. The van der Waals surface area contributed by atoms with E-state index < -0.39 is 85.1 Å². The molecule has 62 heavy (non-hydrogen) atoms. The maximum absolute atomic E-state index is 13.3. The van der Waals surface area contributed by atoms with E-state index in [1.54, 1.807) is 72.1 Å². The number of benzene rings is 3. The van der Waals surface area contributed by atoms with Crippen LogP contribution in [0.4, 0.5) is 5.69 Å². The van der Waals surface area contributed by atoms with Gasteiger partial charge in [0.15, 0.2) is 6.10 Å². The minimum absolute atomic E-state index is 0.0663. The number of terminal acetylenes is 1. The minimum atomic E-state index is -1.48. The number of carbonyl (C=O) groups excluding carboxylic acids is 7. The van der Waals surface area contributed by atoms with E-state index in [-0.39, 0.29) is 12.8 Å². The molecule has 16 nitrogen and oxygen atoms in total. The van der Waals surface area contributed by atoms with Crippen LogP contribution in [-0.4, -0.2) is 83.8 Å². The molecular formula is C44H51BrN6O10S. The lowest BCUT2D eigenvalue weighted by atomic mass is 10.1. The highest BCUT2D eigenvalue weighted by atomic mass is 79.9. The molecular weight excluding hydrogens is 884 g/mol. The maximum Gasteiger partial charge on any atom is 0.303 e. The van der Waals surface area contributed by atoms with E-state index in [0.29, 0.717) is 5.69 Å². The number of aliphatic carboxylic acids is 1. The van der Waals surface area contributed by atoms with Crippen molar-refractivity contribution in [3.05, 3.63) is 122 Å². The monoisotopic (exact) mass is 934 g/mol. The van der Waals surface area contributed by atoms with Crippen molar-refractivity contribution in [3.8, 4) is 12.8 Å². The molecule has 1 heterocycles. The van der Waals surface area contributed by atoms with Gasteiger partial charge < -0.3 is 42.2 Å². The van der Waals surface area contributed by atoms with E-state index >= 15 is 0 Å². The van der Waals surface area contributed by atoms with Crippen molar-refractivity contribution in [3.63, 3.8) is 0 Å². The van der Waals surface area contributed by atoms with E-state index in [1.807, 2.05) is 19.1 Å². The number of hydrogen-bond acceptors (Lipinski definition) is 10. The van der Waals surface area contributed by atoms with Crippen molar-refractivity contribution in [1.29, 1.82) is 0 Å². The van der Waals surface area contributed by atoms with Gasteiger partial charge in [-0.3, -0.25) is 38.4 Å². The number of esters is 1. The van der Waals surface area contributed by atoms with E-state index in [9.17, 15) is 33.6 Å². The van der Waals surface area contributed by atoms with Gasteiger partial charge >= 0.3 is 5.97 Å². The van der Waals surface area contributed by atoms with Gasteiger partial charge in [0, 0.05) is 41.7 Å². The lowest BCUT2D eigenvalue weighted by Crippen LogP contribution is -2.54. The summed E-state index contributed by atoms with van der Waals surface area (Å²) in [6.07, 6.45) is 6.11. The molecule has 3 aromatic carbocycles. The number of nitrogens with two attached hydrogens (primary N) is 1. The lowest BCUT2D eigenvalue weighted by molar-refractivity contribution is -0.153. The van der Waals surface area contributed by atoms with Crippen LogP contribution in [-0.2, 0) is 55.9 Å². The molecule has 0 aliphatic heterocycles. The topological polar surface area (TPSA) is 252 Å². The van der Waals surface area contributed by atoms with Crippen molar-refractivity contribution in [2.24, 2.45) is 5.73 Å². The quantitative estimate of drug-likeness (QED) is 0.0599.